The van der Waals surface area contributed by atoms with Crippen LogP contribution in [-0.2, 0) is 0 Å². The van der Waals surface area contributed by atoms with E-state index in [1.54, 1.807) is 0 Å². The zero-order chi connectivity index (χ0) is 14.1. The molecule has 0 aromatic heterocycles. The molecular formula is C17H34N2. The van der Waals surface area contributed by atoms with Crippen LogP contribution in [0.4, 0.5) is 0 Å². The lowest BCUT2D eigenvalue weighted by atomic mass is 9.78. The Morgan fingerprint density at radius 2 is 1.79 bits per heavy atom. The normalized spacial score (nSPS) is 29.2. The number of rotatable bonds is 4. The molecule has 2 fully saturated rings. The number of nitrogens with one attached hydrogen (secondary N) is 1. The third-order valence-electron chi connectivity index (χ3n) is 5.69. The number of hydrogen-bond donors (Lipinski definition) is 1. The summed E-state index contributed by atoms with van der Waals surface area (Å²) in [6.45, 7) is 15.6. The highest BCUT2D eigenvalue weighted by Crippen LogP contribution is 2.35. The summed E-state index contributed by atoms with van der Waals surface area (Å²) in [5.41, 5.74) is 0.746. The minimum absolute atomic E-state index is 0.367. The summed E-state index contributed by atoms with van der Waals surface area (Å²) in [7, 11) is 0. The SMILES string of the molecule is CCC1(CC)CN(CC2CCC2)C(C(C)(C)C)CN1. The van der Waals surface area contributed by atoms with Gasteiger partial charge in [-0.25, -0.2) is 0 Å². The Morgan fingerprint density at radius 1 is 1.16 bits per heavy atom. The van der Waals surface area contributed by atoms with Gasteiger partial charge < -0.3 is 5.32 Å². The largest absolute Gasteiger partial charge is 0.308 e. The van der Waals surface area contributed by atoms with Crippen LogP contribution in [0, 0.1) is 11.3 Å². The Hall–Kier alpha value is -0.0800. The highest BCUT2D eigenvalue weighted by Gasteiger charge is 2.42. The average Bonchev–Trinajstić information content (AvgIpc) is 2.32. The van der Waals surface area contributed by atoms with Crippen LogP contribution in [0.5, 0.6) is 0 Å². The van der Waals surface area contributed by atoms with Crippen LogP contribution in [0.25, 0.3) is 0 Å². The summed E-state index contributed by atoms with van der Waals surface area (Å²) in [5, 5.41) is 3.89. The van der Waals surface area contributed by atoms with Gasteiger partial charge in [-0.2, -0.15) is 0 Å². The second-order valence-electron chi connectivity index (χ2n) is 7.98. The van der Waals surface area contributed by atoms with Crippen molar-refractivity contribution in [3.05, 3.63) is 0 Å². The molecular weight excluding hydrogens is 232 g/mol. The molecule has 0 aromatic rings. The van der Waals surface area contributed by atoms with Crippen molar-refractivity contribution in [2.24, 2.45) is 11.3 Å². The van der Waals surface area contributed by atoms with Gasteiger partial charge in [-0.1, -0.05) is 41.0 Å². The molecule has 1 unspecified atom stereocenters. The Balaban J connectivity index is 2.08. The van der Waals surface area contributed by atoms with E-state index in [1.807, 2.05) is 0 Å². The molecule has 0 bridgehead atoms. The minimum Gasteiger partial charge on any atom is -0.308 e. The molecule has 1 aliphatic heterocycles. The van der Waals surface area contributed by atoms with Gasteiger partial charge in [-0.15, -0.1) is 0 Å². The minimum atomic E-state index is 0.367. The Kier molecular flexibility index (Phi) is 4.62. The Bertz CT molecular complexity index is 284. The molecule has 2 nitrogen and oxygen atoms in total. The van der Waals surface area contributed by atoms with E-state index in [0.29, 0.717) is 17.0 Å². The van der Waals surface area contributed by atoms with Crippen molar-refractivity contribution in [3.63, 3.8) is 0 Å². The molecule has 1 saturated heterocycles. The van der Waals surface area contributed by atoms with E-state index in [1.165, 1.54) is 45.2 Å². The van der Waals surface area contributed by atoms with E-state index in [9.17, 15) is 0 Å². The van der Waals surface area contributed by atoms with Gasteiger partial charge in [0, 0.05) is 31.2 Å². The summed E-state index contributed by atoms with van der Waals surface area (Å²) in [5.74, 6) is 0.981. The summed E-state index contributed by atoms with van der Waals surface area (Å²) >= 11 is 0. The van der Waals surface area contributed by atoms with E-state index < -0.39 is 0 Å². The zero-order valence-corrected chi connectivity index (χ0v) is 13.8. The summed E-state index contributed by atoms with van der Waals surface area (Å²) < 4.78 is 0. The molecule has 0 spiro atoms. The third kappa shape index (κ3) is 3.33. The van der Waals surface area contributed by atoms with E-state index in [0.717, 1.165) is 12.5 Å². The van der Waals surface area contributed by atoms with Crippen LogP contribution in [0.3, 0.4) is 0 Å². The quantitative estimate of drug-likeness (QED) is 0.835. The standard InChI is InChI=1S/C17H34N2/c1-6-17(7-2)13-19(12-14-9-8-10-14)15(11-18-17)16(3,4)5/h14-15,18H,6-13H2,1-5H3. The first-order valence-electron chi connectivity index (χ1n) is 8.39. The molecule has 112 valence electrons. The van der Waals surface area contributed by atoms with Crippen molar-refractivity contribution >= 4 is 0 Å². The van der Waals surface area contributed by atoms with Gasteiger partial charge in [-0.05, 0) is 37.0 Å². The van der Waals surface area contributed by atoms with Gasteiger partial charge in [-0.3, -0.25) is 4.90 Å². The van der Waals surface area contributed by atoms with Crippen molar-refractivity contribution in [1.29, 1.82) is 0 Å². The van der Waals surface area contributed by atoms with Crippen molar-refractivity contribution < 1.29 is 0 Å². The second-order valence-corrected chi connectivity index (χ2v) is 7.98. The fraction of sp³-hybridized carbons (Fsp3) is 1.00. The molecule has 1 N–H and O–H groups in total. The van der Waals surface area contributed by atoms with Gasteiger partial charge in [0.05, 0.1) is 0 Å². The highest BCUT2D eigenvalue weighted by molar-refractivity contribution is 5.00. The molecule has 2 heteroatoms. The monoisotopic (exact) mass is 266 g/mol. The lowest BCUT2D eigenvalue weighted by molar-refractivity contribution is 0.000267. The first-order valence-corrected chi connectivity index (χ1v) is 8.39. The average molecular weight is 266 g/mol. The van der Waals surface area contributed by atoms with Crippen molar-refractivity contribution in [2.45, 2.75) is 78.3 Å². The molecule has 1 aliphatic carbocycles. The predicted octanol–water partition coefficient (Wildman–Crippen LogP) is 3.67. The summed E-state index contributed by atoms with van der Waals surface area (Å²) in [4.78, 5) is 2.83. The van der Waals surface area contributed by atoms with Gasteiger partial charge >= 0.3 is 0 Å². The highest BCUT2D eigenvalue weighted by atomic mass is 15.3. The fourth-order valence-electron chi connectivity index (χ4n) is 3.77. The molecule has 1 saturated carbocycles. The molecule has 0 amide bonds. The van der Waals surface area contributed by atoms with Crippen LogP contribution < -0.4 is 5.32 Å². The Morgan fingerprint density at radius 3 is 2.21 bits per heavy atom. The molecule has 2 aliphatic rings. The number of hydrogen-bond acceptors (Lipinski definition) is 2. The predicted molar refractivity (Wildman–Crippen MR) is 83.5 cm³/mol. The first-order chi connectivity index (χ1) is 8.90. The lowest BCUT2D eigenvalue weighted by Crippen LogP contribution is -2.67. The van der Waals surface area contributed by atoms with Crippen LogP contribution >= 0.6 is 0 Å². The van der Waals surface area contributed by atoms with Crippen molar-refractivity contribution in [1.82, 2.24) is 10.2 Å². The van der Waals surface area contributed by atoms with Crippen LogP contribution in [-0.4, -0.2) is 36.1 Å². The van der Waals surface area contributed by atoms with Crippen LogP contribution in [0.1, 0.15) is 66.7 Å². The molecule has 1 heterocycles. The van der Waals surface area contributed by atoms with Crippen LogP contribution in [0.2, 0.25) is 0 Å². The van der Waals surface area contributed by atoms with Gasteiger partial charge in [0.25, 0.3) is 0 Å². The number of nitrogens with zero attached hydrogens (tertiary/aromatic N) is 1. The maximum atomic E-state index is 3.89. The van der Waals surface area contributed by atoms with Crippen molar-refractivity contribution in [2.75, 3.05) is 19.6 Å². The van der Waals surface area contributed by atoms with E-state index in [-0.39, 0.29) is 0 Å². The van der Waals surface area contributed by atoms with Crippen LogP contribution in [0.15, 0.2) is 0 Å². The second kappa shape index (κ2) is 5.73. The maximum Gasteiger partial charge on any atom is 0.0304 e. The Labute approximate surface area is 120 Å². The molecule has 0 radical (unpaired) electrons. The summed E-state index contributed by atoms with van der Waals surface area (Å²) in [6, 6.07) is 0.694. The lowest BCUT2D eigenvalue weighted by Gasteiger charge is -2.53. The zero-order valence-electron chi connectivity index (χ0n) is 13.8. The van der Waals surface area contributed by atoms with Gasteiger partial charge in [0.1, 0.15) is 0 Å². The van der Waals surface area contributed by atoms with Gasteiger partial charge in [0.15, 0.2) is 0 Å². The maximum absolute atomic E-state index is 3.89. The third-order valence-corrected chi connectivity index (χ3v) is 5.69. The molecule has 0 aromatic carbocycles. The molecule has 2 rings (SSSR count). The van der Waals surface area contributed by atoms with E-state index in [2.05, 4.69) is 44.8 Å². The smallest absolute Gasteiger partial charge is 0.0304 e. The van der Waals surface area contributed by atoms with Gasteiger partial charge in [0.2, 0.25) is 0 Å². The first kappa shape index (κ1) is 15.3. The van der Waals surface area contributed by atoms with Crippen molar-refractivity contribution in [3.8, 4) is 0 Å². The molecule has 19 heavy (non-hydrogen) atoms. The fourth-order valence-corrected chi connectivity index (χ4v) is 3.77. The number of piperazine rings is 1. The summed E-state index contributed by atoms with van der Waals surface area (Å²) in [6.07, 6.45) is 6.89. The van der Waals surface area contributed by atoms with E-state index >= 15 is 0 Å². The topological polar surface area (TPSA) is 15.3 Å². The molecule has 1 atom stereocenters. The van der Waals surface area contributed by atoms with E-state index in [4.69, 9.17) is 0 Å².